The standard InChI is InChI=1S/C18H23BrN2/c1-12(2)9-14-5-4-6-15(11-14)18(21-20)16-8-7-13(3)10-17(16)19/h4-8,10-12,18,21H,9,20H2,1-3H3. The molecule has 2 aromatic rings. The number of benzene rings is 2. The predicted octanol–water partition coefficient (Wildman–Crippen LogP) is 4.51. The maximum Gasteiger partial charge on any atom is 0.0721 e. The van der Waals surface area contributed by atoms with Crippen LogP contribution in [0.15, 0.2) is 46.9 Å². The molecule has 0 amide bonds. The summed E-state index contributed by atoms with van der Waals surface area (Å²) in [4.78, 5) is 0. The highest BCUT2D eigenvalue weighted by Crippen LogP contribution is 2.29. The molecule has 0 aliphatic heterocycles. The number of hydrazine groups is 1. The molecule has 1 unspecified atom stereocenters. The second kappa shape index (κ2) is 7.21. The first-order valence-electron chi connectivity index (χ1n) is 7.32. The van der Waals surface area contributed by atoms with Gasteiger partial charge < -0.3 is 0 Å². The van der Waals surface area contributed by atoms with Crippen LogP contribution in [0, 0.1) is 12.8 Å². The molecule has 112 valence electrons. The van der Waals surface area contributed by atoms with Crippen LogP contribution in [0.25, 0.3) is 0 Å². The Morgan fingerprint density at radius 1 is 1.14 bits per heavy atom. The van der Waals surface area contributed by atoms with Crippen LogP contribution in [0.1, 0.15) is 42.1 Å². The van der Waals surface area contributed by atoms with E-state index in [-0.39, 0.29) is 6.04 Å². The fraction of sp³-hybridized carbons (Fsp3) is 0.333. The predicted molar refractivity (Wildman–Crippen MR) is 93.0 cm³/mol. The SMILES string of the molecule is Cc1ccc(C(NN)c2cccc(CC(C)C)c2)c(Br)c1. The Labute approximate surface area is 135 Å². The number of hydrogen-bond acceptors (Lipinski definition) is 2. The van der Waals surface area contributed by atoms with E-state index in [4.69, 9.17) is 5.84 Å². The summed E-state index contributed by atoms with van der Waals surface area (Å²) < 4.78 is 1.08. The van der Waals surface area contributed by atoms with Crippen molar-refractivity contribution in [3.05, 3.63) is 69.2 Å². The van der Waals surface area contributed by atoms with Gasteiger partial charge >= 0.3 is 0 Å². The molecule has 0 aliphatic rings. The Morgan fingerprint density at radius 2 is 1.90 bits per heavy atom. The largest absolute Gasteiger partial charge is 0.271 e. The van der Waals surface area contributed by atoms with Crippen LogP contribution < -0.4 is 11.3 Å². The summed E-state index contributed by atoms with van der Waals surface area (Å²) in [6, 6.07) is 15.0. The van der Waals surface area contributed by atoms with Crippen molar-refractivity contribution in [3.63, 3.8) is 0 Å². The zero-order valence-electron chi connectivity index (χ0n) is 12.9. The summed E-state index contributed by atoms with van der Waals surface area (Å²) in [7, 11) is 0. The van der Waals surface area contributed by atoms with Gasteiger partial charge in [-0.15, -0.1) is 0 Å². The number of aryl methyl sites for hydroxylation is 1. The Kier molecular flexibility index (Phi) is 5.57. The summed E-state index contributed by atoms with van der Waals surface area (Å²) in [6.45, 7) is 6.56. The molecular weight excluding hydrogens is 324 g/mol. The number of rotatable bonds is 5. The monoisotopic (exact) mass is 346 g/mol. The van der Waals surface area contributed by atoms with Gasteiger partial charge in [0.15, 0.2) is 0 Å². The van der Waals surface area contributed by atoms with Crippen molar-refractivity contribution in [2.75, 3.05) is 0 Å². The normalized spacial score (nSPS) is 12.7. The molecule has 21 heavy (non-hydrogen) atoms. The molecule has 2 rings (SSSR count). The Morgan fingerprint density at radius 3 is 2.52 bits per heavy atom. The second-order valence-corrected chi connectivity index (χ2v) is 6.82. The minimum absolute atomic E-state index is 0.00733. The van der Waals surface area contributed by atoms with Gasteiger partial charge in [-0.05, 0) is 47.6 Å². The molecule has 0 spiro atoms. The highest BCUT2D eigenvalue weighted by atomic mass is 79.9. The van der Waals surface area contributed by atoms with Gasteiger partial charge in [0.1, 0.15) is 0 Å². The lowest BCUT2D eigenvalue weighted by Gasteiger charge is -2.20. The zero-order chi connectivity index (χ0) is 15.4. The molecule has 0 aromatic heterocycles. The van der Waals surface area contributed by atoms with Crippen molar-refractivity contribution in [2.45, 2.75) is 33.2 Å². The van der Waals surface area contributed by atoms with Crippen LogP contribution in [-0.2, 0) is 6.42 Å². The fourth-order valence-corrected chi connectivity index (χ4v) is 3.33. The summed E-state index contributed by atoms with van der Waals surface area (Å²) in [5.74, 6) is 6.47. The van der Waals surface area contributed by atoms with Crippen molar-refractivity contribution in [2.24, 2.45) is 11.8 Å². The minimum atomic E-state index is -0.00733. The van der Waals surface area contributed by atoms with Crippen LogP contribution in [0.3, 0.4) is 0 Å². The molecule has 0 saturated heterocycles. The topological polar surface area (TPSA) is 38.0 Å². The molecule has 0 radical (unpaired) electrons. The highest BCUT2D eigenvalue weighted by molar-refractivity contribution is 9.10. The number of halogens is 1. The maximum atomic E-state index is 5.82. The number of hydrogen-bond donors (Lipinski definition) is 2. The van der Waals surface area contributed by atoms with Crippen LogP contribution >= 0.6 is 15.9 Å². The quantitative estimate of drug-likeness (QED) is 0.617. The highest BCUT2D eigenvalue weighted by Gasteiger charge is 2.16. The van der Waals surface area contributed by atoms with Gasteiger partial charge in [0.05, 0.1) is 6.04 Å². The molecule has 0 aliphatic carbocycles. The third-order valence-electron chi connectivity index (χ3n) is 3.56. The lowest BCUT2D eigenvalue weighted by Crippen LogP contribution is -2.29. The van der Waals surface area contributed by atoms with Crippen LogP contribution in [0.4, 0.5) is 0 Å². The number of nitrogens with two attached hydrogens (primary N) is 1. The molecule has 0 saturated carbocycles. The zero-order valence-corrected chi connectivity index (χ0v) is 14.4. The first-order chi connectivity index (χ1) is 10.0. The van der Waals surface area contributed by atoms with E-state index in [2.05, 4.69) is 84.6 Å². The second-order valence-electron chi connectivity index (χ2n) is 5.97. The van der Waals surface area contributed by atoms with Gasteiger partial charge in [-0.25, -0.2) is 5.43 Å². The Balaban J connectivity index is 2.37. The van der Waals surface area contributed by atoms with Gasteiger partial charge in [0, 0.05) is 4.47 Å². The van der Waals surface area contributed by atoms with Crippen molar-refractivity contribution in [1.82, 2.24) is 5.43 Å². The third-order valence-corrected chi connectivity index (χ3v) is 4.25. The van der Waals surface area contributed by atoms with Gasteiger partial charge in [-0.1, -0.05) is 66.2 Å². The average Bonchev–Trinajstić information content (AvgIpc) is 2.41. The summed E-state index contributed by atoms with van der Waals surface area (Å²) in [5.41, 5.74) is 7.88. The van der Waals surface area contributed by atoms with Gasteiger partial charge in [0.2, 0.25) is 0 Å². The maximum absolute atomic E-state index is 5.82. The molecule has 2 nitrogen and oxygen atoms in total. The van der Waals surface area contributed by atoms with E-state index < -0.39 is 0 Å². The van der Waals surface area contributed by atoms with E-state index in [1.807, 2.05) is 0 Å². The van der Waals surface area contributed by atoms with Crippen molar-refractivity contribution >= 4 is 15.9 Å². The van der Waals surface area contributed by atoms with E-state index in [1.165, 1.54) is 16.7 Å². The molecule has 1 atom stereocenters. The summed E-state index contributed by atoms with van der Waals surface area (Å²) in [6.07, 6.45) is 1.08. The number of nitrogens with one attached hydrogen (secondary N) is 1. The summed E-state index contributed by atoms with van der Waals surface area (Å²) in [5, 5.41) is 0. The van der Waals surface area contributed by atoms with Crippen molar-refractivity contribution in [3.8, 4) is 0 Å². The van der Waals surface area contributed by atoms with E-state index >= 15 is 0 Å². The van der Waals surface area contributed by atoms with Gasteiger partial charge in [0.25, 0.3) is 0 Å². The van der Waals surface area contributed by atoms with E-state index in [9.17, 15) is 0 Å². The molecule has 3 N–H and O–H groups in total. The van der Waals surface area contributed by atoms with E-state index in [0.29, 0.717) is 5.92 Å². The first kappa shape index (κ1) is 16.2. The lowest BCUT2D eigenvalue weighted by molar-refractivity contribution is 0.626. The summed E-state index contributed by atoms with van der Waals surface area (Å²) >= 11 is 3.65. The van der Waals surface area contributed by atoms with Crippen LogP contribution in [0.5, 0.6) is 0 Å². The molecule has 2 aromatic carbocycles. The molecular formula is C18H23BrN2. The minimum Gasteiger partial charge on any atom is -0.271 e. The molecule has 0 fully saturated rings. The van der Waals surface area contributed by atoms with Gasteiger partial charge in [-0.2, -0.15) is 0 Å². The van der Waals surface area contributed by atoms with Gasteiger partial charge in [-0.3, -0.25) is 5.84 Å². The molecule has 0 heterocycles. The Hall–Kier alpha value is -1.16. The van der Waals surface area contributed by atoms with E-state index in [1.54, 1.807) is 0 Å². The molecule has 3 heteroatoms. The fourth-order valence-electron chi connectivity index (χ4n) is 2.60. The average molecular weight is 347 g/mol. The first-order valence-corrected chi connectivity index (χ1v) is 8.11. The smallest absolute Gasteiger partial charge is 0.0721 e. The Bertz CT molecular complexity index is 608. The van der Waals surface area contributed by atoms with Crippen LogP contribution in [-0.4, -0.2) is 0 Å². The van der Waals surface area contributed by atoms with Crippen LogP contribution in [0.2, 0.25) is 0 Å². The molecule has 0 bridgehead atoms. The lowest BCUT2D eigenvalue weighted by atomic mass is 9.94. The van der Waals surface area contributed by atoms with Crippen molar-refractivity contribution in [1.29, 1.82) is 0 Å². The third kappa shape index (κ3) is 4.16. The van der Waals surface area contributed by atoms with Crippen molar-refractivity contribution < 1.29 is 0 Å². The van der Waals surface area contributed by atoms with E-state index in [0.717, 1.165) is 16.5 Å².